The molecule has 0 spiro atoms. The number of rotatable bonds is 1. The van der Waals surface area contributed by atoms with Gasteiger partial charge in [0.25, 0.3) is 0 Å². The third-order valence-electron chi connectivity index (χ3n) is 1.32. The van der Waals surface area contributed by atoms with Gasteiger partial charge >= 0.3 is 5.97 Å². The third kappa shape index (κ3) is 1.24. The van der Waals surface area contributed by atoms with Crippen LogP contribution >= 0.6 is 0 Å². The van der Waals surface area contributed by atoms with Crippen molar-refractivity contribution in [2.75, 3.05) is 0 Å². The highest BCUT2D eigenvalue weighted by Crippen LogP contribution is 2.31. The minimum absolute atomic E-state index is 0.453. The van der Waals surface area contributed by atoms with Gasteiger partial charge in [0, 0.05) is 12.1 Å². The van der Waals surface area contributed by atoms with Crippen molar-refractivity contribution in [1.29, 1.82) is 0 Å². The molecule has 0 aliphatic heterocycles. The van der Waals surface area contributed by atoms with E-state index in [1.54, 1.807) is 0 Å². The Hall–Kier alpha value is -1.91. The van der Waals surface area contributed by atoms with Crippen LogP contribution in [0, 0.1) is 0 Å². The first-order valence-corrected chi connectivity index (χ1v) is 3.00. The zero-order valence-corrected chi connectivity index (χ0v) is 5.85. The third-order valence-corrected chi connectivity index (χ3v) is 1.32. The number of phenolic OH excluding ortho intramolecular Hbond substituents is 2. The van der Waals surface area contributed by atoms with Gasteiger partial charge in [0.05, 0.1) is 0 Å². The highest BCUT2D eigenvalue weighted by molar-refractivity contribution is 5.91. The largest absolute Gasteiger partial charge is 0.507 e. The zero-order chi connectivity index (χ0) is 9.30. The van der Waals surface area contributed by atoms with Crippen molar-refractivity contribution in [3.8, 4) is 17.2 Å². The summed E-state index contributed by atoms with van der Waals surface area (Å²) in [7, 11) is 0. The summed E-state index contributed by atoms with van der Waals surface area (Å²) in [6.07, 6.45) is 0. The van der Waals surface area contributed by atoms with Crippen LogP contribution in [0.25, 0.3) is 0 Å². The number of aromatic carboxylic acids is 1. The maximum absolute atomic E-state index is 10.3. The summed E-state index contributed by atoms with van der Waals surface area (Å²) in [5, 5.41) is 35.0. The van der Waals surface area contributed by atoms with Gasteiger partial charge in [-0.1, -0.05) is 0 Å². The van der Waals surface area contributed by atoms with Crippen LogP contribution in [0.2, 0.25) is 0 Å². The second kappa shape index (κ2) is 2.61. The maximum atomic E-state index is 10.3. The normalized spacial score (nSPS) is 9.67. The average molecular weight is 170 g/mol. The van der Waals surface area contributed by atoms with Crippen molar-refractivity contribution < 1.29 is 25.2 Å². The molecule has 1 aromatic carbocycles. The second-order valence-corrected chi connectivity index (χ2v) is 2.16. The molecule has 0 amide bonds. The molecule has 12 heavy (non-hydrogen) atoms. The van der Waals surface area contributed by atoms with Crippen LogP contribution in [0.1, 0.15) is 10.4 Å². The molecule has 0 radical (unpaired) electrons. The highest BCUT2D eigenvalue weighted by Gasteiger charge is 2.12. The monoisotopic (exact) mass is 170 g/mol. The van der Waals surface area contributed by atoms with Crippen molar-refractivity contribution >= 4 is 5.97 Å². The number of hydrogen-bond acceptors (Lipinski definition) is 4. The number of carboxylic acids is 1. The first-order chi connectivity index (χ1) is 5.52. The lowest BCUT2D eigenvalue weighted by Gasteiger charge is -2.01. The number of benzene rings is 1. The number of phenols is 3. The summed E-state index contributed by atoms with van der Waals surface area (Å²) in [5.74, 6) is -3.09. The Balaban J connectivity index is 3.33. The maximum Gasteiger partial charge on any atom is 0.339 e. The molecule has 0 aliphatic carbocycles. The summed E-state index contributed by atoms with van der Waals surface area (Å²) < 4.78 is 0. The van der Waals surface area contributed by atoms with E-state index in [9.17, 15) is 4.79 Å². The summed E-state index contributed by atoms with van der Waals surface area (Å²) in [4.78, 5) is 10.3. The smallest absolute Gasteiger partial charge is 0.339 e. The fourth-order valence-electron chi connectivity index (χ4n) is 0.737. The number of hydrogen-bond donors (Lipinski definition) is 4. The lowest BCUT2D eigenvalue weighted by molar-refractivity contribution is 0.0693. The van der Waals surface area contributed by atoms with E-state index in [1.165, 1.54) is 0 Å². The minimum Gasteiger partial charge on any atom is -0.507 e. The Morgan fingerprint density at radius 1 is 1.00 bits per heavy atom. The minimum atomic E-state index is -1.37. The van der Waals surface area contributed by atoms with E-state index < -0.39 is 28.8 Å². The van der Waals surface area contributed by atoms with Crippen LogP contribution in [0.15, 0.2) is 12.1 Å². The molecule has 0 aliphatic rings. The van der Waals surface area contributed by atoms with Crippen molar-refractivity contribution in [2.24, 2.45) is 0 Å². The predicted molar refractivity (Wildman–Crippen MR) is 38.4 cm³/mol. The van der Waals surface area contributed by atoms with Crippen LogP contribution in [0.5, 0.6) is 17.2 Å². The Morgan fingerprint density at radius 3 is 2.00 bits per heavy atom. The number of carboxylic acid groups (broad SMARTS) is 1. The fraction of sp³-hybridized carbons (Fsp3) is 0. The Bertz CT molecular complexity index is 331. The topological polar surface area (TPSA) is 98.0 Å². The molecule has 0 heterocycles. The van der Waals surface area contributed by atoms with Crippen LogP contribution in [-0.4, -0.2) is 26.4 Å². The Labute approximate surface area is 67.1 Å². The molecule has 1 rings (SSSR count). The van der Waals surface area contributed by atoms with E-state index in [0.717, 1.165) is 12.1 Å². The Morgan fingerprint density at radius 2 is 1.50 bits per heavy atom. The zero-order valence-electron chi connectivity index (χ0n) is 5.85. The molecule has 4 N–H and O–H groups in total. The van der Waals surface area contributed by atoms with Gasteiger partial charge in [0.1, 0.15) is 11.3 Å². The molecule has 0 saturated carbocycles. The van der Waals surface area contributed by atoms with Crippen LogP contribution in [0.3, 0.4) is 0 Å². The van der Waals surface area contributed by atoms with Crippen molar-refractivity contribution in [3.63, 3.8) is 0 Å². The van der Waals surface area contributed by atoms with E-state index in [-0.39, 0.29) is 0 Å². The van der Waals surface area contributed by atoms with Gasteiger partial charge in [-0.05, 0) is 0 Å². The van der Waals surface area contributed by atoms with Crippen LogP contribution < -0.4 is 0 Å². The fourth-order valence-corrected chi connectivity index (χ4v) is 0.737. The van der Waals surface area contributed by atoms with E-state index >= 15 is 0 Å². The van der Waals surface area contributed by atoms with Crippen molar-refractivity contribution in [3.05, 3.63) is 17.7 Å². The van der Waals surface area contributed by atoms with Crippen LogP contribution in [-0.2, 0) is 0 Å². The molecule has 0 atom stereocenters. The van der Waals surface area contributed by atoms with Gasteiger partial charge in [-0.25, -0.2) is 4.79 Å². The standard InChI is InChI=1S/C7H6O5/c8-4-2-6(10)5(9)1-3(4)7(11)12/h1-2,8-10H,(H,11,12). The van der Waals surface area contributed by atoms with Gasteiger partial charge < -0.3 is 20.4 Å². The molecular formula is C7H6O5. The molecule has 5 nitrogen and oxygen atoms in total. The van der Waals surface area contributed by atoms with Gasteiger partial charge in [0.2, 0.25) is 0 Å². The molecule has 0 unspecified atom stereocenters. The van der Waals surface area contributed by atoms with Crippen LogP contribution in [0.4, 0.5) is 0 Å². The van der Waals surface area contributed by atoms with Gasteiger partial charge in [-0.3, -0.25) is 0 Å². The number of aromatic hydroxyl groups is 3. The lowest BCUT2D eigenvalue weighted by Crippen LogP contribution is -1.95. The number of carbonyl (C=O) groups is 1. The molecule has 0 fully saturated rings. The van der Waals surface area contributed by atoms with E-state index in [1.807, 2.05) is 0 Å². The summed E-state index contributed by atoms with van der Waals surface area (Å²) in [6.45, 7) is 0. The molecule has 0 bridgehead atoms. The summed E-state index contributed by atoms with van der Waals surface area (Å²) in [5.41, 5.74) is -0.453. The quantitative estimate of drug-likeness (QED) is 0.363. The molecule has 1 aromatic rings. The lowest BCUT2D eigenvalue weighted by atomic mass is 10.2. The molecule has 0 saturated heterocycles. The highest BCUT2D eigenvalue weighted by atomic mass is 16.4. The van der Waals surface area contributed by atoms with E-state index in [0.29, 0.717) is 0 Å². The molecular weight excluding hydrogens is 164 g/mol. The predicted octanol–water partition coefficient (Wildman–Crippen LogP) is 0.502. The van der Waals surface area contributed by atoms with Crippen molar-refractivity contribution in [1.82, 2.24) is 0 Å². The van der Waals surface area contributed by atoms with Gasteiger partial charge in [0.15, 0.2) is 11.5 Å². The summed E-state index contributed by atoms with van der Waals surface area (Å²) >= 11 is 0. The molecule has 0 aromatic heterocycles. The Kier molecular flexibility index (Phi) is 1.78. The van der Waals surface area contributed by atoms with Gasteiger partial charge in [-0.15, -0.1) is 0 Å². The molecule has 64 valence electrons. The van der Waals surface area contributed by atoms with Gasteiger partial charge in [-0.2, -0.15) is 0 Å². The molecule has 5 heteroatoms. The first-order valence-electron chi connectivity index (χ1n) is 3.00. The van der Waals surface area contributed by atoms with E-state index in [2.05, 4.69) is 0 Å². The van der Waals surface area contributed by atoms with E-state index in [4.69, 9.17) is 20.4 Å². The van der Waals surface area contributed by atoms with Crippen molar-refractivity contribution in [2.45, 2.75) is 0 Å². The average Bonchev–Trinajstić information content (AvgIpc) is 1.96. The summed E-state index contributed by atoms with van der Waals surface area (Å²) in [6, 6.07) is 1.53. The first kappa shape index (κ1) is 8.19. The SMILES string of the molecule is O=C(O)c1cc(O)c(O)cc1O. The second-order valence-electron chi connectivity index (χ2n) is 2.16.